The third-order valence-corrected chi connectivity index (χ3v) is 3.70. The van der Waals surface area contributed by atoms with Crippen LogP contribution in [0.1, 0.15) is 59.4 Å². The minimum atomic E-state index is 0.199. The lowest BCUT2D eigenvalue weighted by Gasteiger charge is -2.33. The lowest BCUT2D eigenvalue weighted by Crippen LogP contribution is -2.45. The molecule has 0 bridgehead atoms. The third-order valence-electron chi connectivity index (χ3n) is 3.70. The molecule has 0 fully saturated rings. The zero-order valence-corrected chi connectivity index (χ0v) is 14.8. The lowest BCUT2D eigenvalue weighted by atomic mass is 9.82. The third kappa shape index (κ3) is 8.23. The maximum atomic E-state index is 3.67. The van der Waals surface area contributed by atoms with Gasteiger partial charge in [0, 0.05) is 25.2 Å². The molecule has 0 spiro atoms. The summed E-state index contributed by atoms with van der Waals surface area (Å²) in [6.45, 7) is 16.8. The monoisotopic (exact) mass is 290 g/mol. The average Bonchev–Trinajstić information content (AvgIpc) is 2.36. The summed E-state index contributed by atoms with van der Waals surface area (Å²) in [6.07, 6.45) is 1.18. The molecule has 0 aromatic heterocycles. The van der Waals surface area contributed by atoms with E-state index < -0.39 is 0 Å². The minimum Gasteiger partial charge on any atom is -0.315 e. The van der Waals surface area contributed by atoms with Crippen LogP contribution < -0.4 is 10.6 Å². The van der Waals surface area contributed by atoms with Gasteiger partial charge in [-0.05, 0) is 37.2 Å². The number of nitrogens with one attached hydrogen (secondary N) is 2. The summed E-state index contributed by atoms with van der Waals surface area (Å²) < 4.78 is 0. The van der Waals surface area contributed by atoms with Crippen molar-refractivity contribution in [3.8, 4) is 0 Å². The summed E-state index contributed by atoms with van der Waals surface area (Å²) in [5.74, 6) is 0.564. The molecule has 0 aliphatic carbocycles. The van der Waals surface area contributed by atoms with Crippen LogP contribution in [-0.4, -0.2) is 25.2 Å². The molecule has 0 aliphatic rings. The van der Waals surface area contributed by atoms with Crippen LogP contribution in [0, 0.1) is 5.41 Å². The van der Waals surface area contributed by atoms with Crippen molar-refractivity contribution in [1.82, 2.24) is 10.6 Å². The van der Waals surface area contributed by atoms with Gasteiger partial charge in [0.25, 0.3) is 0 Å². The Morgan fingerprint density at radius 3 is 2.14 bits per heavy atom. The summed E-state index contributed by atoms with van der Waals surface area (Å²) in [5, 5.41) is 7.22. The molecule has 0 amide bonds. The molecule has 2 heteroatoms. The van der Waals surface area contributed by atoms with Crippen LogP contribution in [0.4, 0.5) is 0 Å². The van der Waals surface area contributed by atoms with E-state index in [4.69, 9.17) is 0 Å². The van der Waals surface area contributed by atoms with Crippen molar-refractivity contribution in [2.45, 2.75) is 59.4 Å². The number of hydrogen-bond acceptors (Lipinski definition) is 2. The topological polar surface area (TPSA) is 24.1 Å². The van der Waals surface area contributed by atoms with E-state index >= 15 is 0 Å². The first kappa shape index (κ1) is 18.2. The quantitative estimate of drug-likeness (QED) is 0.702. The normalized spacial score (nSPS) is 14.2. The molecule has 1 aromatic rings. The molecule has 21 heavy (non-hydrogen) atoms. The van der Waals surface area contributed by atoms with Crippen molar-refractivity contribution in [1.29, 1.82) is 0 Å². The van der Waals surface area contributed by atoms with Gasteiger partial charge < -0.3 is 10.6 Å². The van der Waals surface area contributed by atoms with E-state index in [0.717, 1.165) is 19.6 Å². The van der Waals surface area contributed by atoms with E-state index in [1.807, 2.05) is 0 Å². The second-order valence-electron chi connectivity index (χ2n) is 8.06. The van der Waals surface area contributed by atoms with Crippen LogP contribution in [0.5, 0.6) is 0 Å². The van der Waals surface area contributed by atoms with Gasteiger partial charge in [-0.25, -0.2) is 0 Å². The molecule has 2 N–H and O–H groups in total. The van der Waals surface area contributed by atoms with Crippen molar-refractivity contribution in [3.05, 3.63) is 35.9 Å². The Labute approximate surface area is 131 Å². The molecule has 0 saturated heterocycles. The smallest absolute Gasteiger partial charge is 0.0130 e. The lowest BCUT2D eigenvalue weighted by molar-refractivity contribution is 0.242. The van der Waals surface area contributed by atoms with Crippen LogP contribution in [0.15, 0.2) is 30.3 Å². The Morgan fingerprint density at radius 2 is 1.57 bits per heavy atom. The summed E-state index contributed by atoms with van der Waals surface area (Å²) in [5.41, 5.74) is 1.97. The molecule has 1 aromatic carbocycles. The molecule has 120 valence electrons. The van der Waals surface area contributed by atoms with Crippen molar-refractivity contribution in [3.63, 3.8) is 0 Å². The van der Waals surface area contributed by atoms with Crippen LogP contribution in [-0.2, 0) is 0 Å². The highest BCUT2D eigenvalue weighted by molar-refractivity contribution is 5.18. The van der Waals surface area contributed by atoms with Crippen molar-refractivity contribution in [2.24, 2.45) is 5.41 Å². The van der Waals surface area contributed by atoms with E-state index in [-0.39, 0.29) is 5.54 Å². The van der Waals surface area contributed by atoms with Gasteiger partial charge in [-0.2, -0.15) is 0 Å². The highest BCUT2D eigenvalue weighted by Crippen LogP contribution is 2.26. The van der Waals surface area contributed by atoms with Gasteiger partial charge in [0.1, 0.15) is 0 Å². The van der Waals surface area contributed by atoms with Gasteiger partial charge in [-0.3, -0.25) is 0 Å². The summed E-state index contributed by atoms with van der Waals surface area (Å²) in [6, 6.07) is 10.7. The van der Waals surface area contributed by atoms with E-state index in [1.54, 1.807) is 0 Å². The van der Waals surface area contributed by atoms with Crippen LogP contribution in [0.2, 0.25) is 0 Å². The van der Waals surface area contributed by atoms with Crippen molar-refractivity contribution in [2.75, 3.05) is 19.6 Å². The van der Waals surface area contributed by atoms with Gasteiger partial charge in [0.15, 0.2) is 0 Å². The van der Waals surface area contributed by atoms with Crippen LogP contribution in [0.3, 0.4) is 0 Å². The average molecular weight is 290 g/mol. The first-order valence-electron chi connectivity index (χ1n) is 8.20. The maximum Gasteiger partial charge on any atom is 0.0130 e. The van der Waals surface area contributed by atoms with Gasteiger partial charge in [-0.15, -0.1) is 0 Å². The SMILES string of the molecule is CC(CNCCNC(C)(C)CC(C)(C)C)c1ccccc1. The Hall–Kier alpha value is -0.860. The zero-order valence-electron chi connectivity index (χ0n) is 14.8. The van der Waals surface area contributed by atoms with E-state index in [1.165, 1.54) is 12.0 Å². The number of benzene rings is 1. The molecule has 2 nitrogen and oxygen atoms in total. The number of hydrogen-bond donors (Lipinski definition) is 2. The largest absolute Gasteiger partial charge is 0.315 e. The molecule has 0 radical (unpaired) electrons. The van der Waals surface area contributed by atoms with E-state index in [2.05, 4.69) is 82.5 Å². The molecule has 0 saturated carbocycles. The molecular formula is C19H34N2. The summed E-state index contributed by atoms with van der Waals surface area (Å²) >= 11 is 0. The Morgan fingerprint density at radius 1 is 0.952 bits per heavy atom. The predicted molar refractivity (Wildman–Crippen MR) is 93.9 cm³/mol. The molecule has 0 heterocycles. The fourth-order valence-electron chi connectivity index (χ4n) is 3.10. The van der Waals surface area contributed by atoms with E-state index in [9.17, 15) is 0 Å². The molecule has 1 atom stereocenters. The van der Waals surface area contributed by atoms with Crippen molar-refractivity contribution >= 4 is 0 Å². The van der Waals surface area contributed by atoms with Gasteiger partial charge in [0.05, 0.1) is 0 Å². The Balaban J connectivity index is 2.20. The van der Waals surface area contributed by atoms with Crippen LogP contribution in [0.25, 0.3) is 0 Å². The first-order valence-corrected chi connectivity index (χ1v) is 8.20. The minimum absolute atomic E-state index is 0.199. The fourth-order valence-corrected chi connectivity index (χ4v) is 3.10. The molecular weight excluding hydrogens is 256 g/mol. The Bertz CT molecular complexity index is 390. The summed E-state index contributed by atoms with van der Waals surface area (Å²) in [7, 11) is 0. The zero-order chi connectivity index (χ0) is 15.9. The molecule has 1 unspecified atom stereocenters. The van der Waals surface area contributed by atoms with Crippen LogP contribution >= 0.6 is 0 Å². The van der Waals surface area contributed by atoms with Gasteiger partial charge in [0.2, 0.25) is 0 Å². The van der Waals surface area contributed by atoms with Gasteiger partial charge in [-0.1, -0.05) is 58.0 Å². The fraction of sp³-hybridized carbons (Fsp3) is 0.684. The Kier molecular flexibility index (Phi) is 6.89. The second-order valence-corrected chi connectivity index (χ2v) is 8.06. The highest BCUT2D eigenvalue weighted by atomic mass is 15.0. The molecule has 0 aliphatic heterocycles. The second kappa shape index (κ2) is 7.95. The first-order chi connectivity index (χ1) is 9.70. The highest BCUT2D eigenvalue weighted by Gasteiger charge is 2.24. The molecule has 1 rings (SSSR count). The maximum absolute atomic E-state index is 3.67. The number of rotatable bonds is 8. The van der Waals surface area contributed by atoms with Gasteiger partial charge >= 0.3 is 0 Å². The summed E-state index contributed by atoms with van der Waals surface area (Å²) in [4.78, 5) is 0. The predicted octanol–water partition coefficient (Wildman–Crippen LogP) is 4.18. The van der Waals surface area contributed by atoms with Crippen molar-refractivity contribution < 1.29 is 0 Å². The van der Waals surface area contributed by atoms with E-state index in [0.29, 0.717) is 11.3 Å². The standard InChI is InChI=1S/C19H34N2/c1-16(17-10-8-7-9-11-17)14-20-12-13-21-19(5,6)15-18(2,3)4/h7-11,16,20-21H,12-15H2,1-6H3.